The summed E-state index contributed by atoms with van der Waals surface area (Å²) >= 11 is 3.50. The summed E-state index contributed by atoms with van der Waals surface area (Å²) in [5.74, 6) is 1.53. The van der Waals surface area contributed by atoms with Gasteiger partial charge in [-0.25, -0.2) is 0 Å². The number of nitrogen functional groups attached to an aromatic ring is 1. The molecule has 0 saturated carbocycles. The van der Waals surface area contributed by atoms with Crippen molar-refractivity contribution in [2.24, 2.45) is 0 Å². The third-order valence-corrected chi connectivity index (χ3v) is 3.38. The van der Waals surface area contributed by atoms with Gasteiger partial charge >= 0.3 is 0 Å². The Balaban J connectivity index is 2.29. The van der Waals surface area contributed by atoms with Crippen LogP contribution in [0.4, 0.5) is 17.1 Å². The molecule has 20 heavy (non-hydrogen) atoms. The van der Waals surface area contributed by atoms with E-state index in [4.69, 9.17) is 15.2 Å². The summed E-state index contributed by atoms with van der Waals surface area (Å²) in [5.41, 5.74) is 8.30. The summed E-state index contributed by atoms with van der Waals surface area (Å²) in [6.45, 7) is 2.54. The fourth-order valence-corrected chi connectivity index (χ4v) is 2.17. The monoisotopic (exact) mass is 336 g/mol. The molecule has 0 saturated heterocycles. The Morgan fingerprint density at radius 1 is 1.15 bits per heavy atom. The van der Waals surface area contributed by atoms with Crippen LogP contribution in [0.2, 0.25) is 0 Å². The van der Waals surface area contributed by atoms with Crippen molar-refractivity contribution < 1.29 is 9.47 Å². The van der Waals surface area contributed by atoms with Gasteiger partial charge in [0, 0.05) is 34.0 Å². The Hall–Kier alpha value is -1.88. The van der Waals surface area contributed by atoms with Gasteiger partial charge in [-0.05, 0) is 41.1 Å². The Morgan fingerprint density at radius 2 is 1.95 bits per heavy atom. The zero-order chi connectivity index (χ0) is 14.5. The number of benzene rings is 2. The molecule has 0 bridgehead atoms. The van der Waals surface area contributed by atoms with E-state index in [0.717, 1.165) is 27.3 Å². The zero-order valence-corrected chi connectivity index (χ0v) is 13.0. The smallest absolute Gasteiger partial charge is 0.123 e. The average molecular weight is 337 g/mol. The number of anilines is 3. The Morgan fingerprint density at radius 3 is 2.65 bits per heavy atom. The van der Waals surface area contributed by atoms with Crippen molar-refractivity contribution in [1.82, 2.24) is 0 Å². The first-order valence-corrected chi connectivity index (χ1v) is 7.05. The SMILES string of the molecule is CCOc1cc(N)cc(Nc2cc(OC)ccc2Br)c1. The number of halogens is 1. The van der Waals surface area contributed by atoms with E-state index in [9.17, 15) is 0 Å². The zero-order valence-electron chi connectivity index (χ0n) is 11.4. The number of hydrogen-bond acceptors (Lipinski definition) is 4. The van der Waals surface area contributed by atoms with Crippen LogP contribution in [-0.2, 0) is 0 Å². The van der Waals surface area contributed by atoms with Gasteiger partial charge in [0.05, 0.1) is 19.4 Å². The van der Waals surface area contributed by atoms with Crippen molar-refractivity contribution >= 4 is 33.0 Å². The maximum Gasteiger partial charge on any atom is 0.123 e. The number of nitrogens with one attached hydrogen (secondary N) is 1. The summed E-state index contributed by atoms with van der Waals surface area (Å²) in [7, 11) is 1.64. The lowest BCUT2D eigenvalue weighted by Crippen LogP contribution is -1.97. The van der Waals surface area contributed by atoms with Crippen molar-refractivity contribution in [2.75, 3.05) is 24.8 Å². The quantitative estimate of drug-likeness (QED) is 0.804. The molecule has 2 aromatic carbocycles. The predicted octanol–water partition coefficient (Wildman–Crippen LogP) is 4.18. The van der Waals surface area contributed by atoms with Gasteiger partial charge in [0.15, 0.2) is 0 Å². The lowest BCUT2D eigenvalue weighted by Gasteiger charge is -2.12. The van der Waals surface area contributed by atoms with Gasteiger partial charge in [0.1, 0.15) is 11.5 Å². The second-order valence-electron chi connectivity index (χ2n) is 4.19. The molecule has 0 aliphatic carbocycles. The molecule has 0 unspecified atom stereocenters. The van der Waals surface area contributed by atoms with Crippen molar-refractivity contribution in [3.05, 3.63) is 40.9 Å². The van der Waals surface area contributed by atoms with Gasteiger partial charge in [0.25, 0.3) is 0 Å². The molecule has 0 aromatic heterocycles. The summed E-state index contributed by atoms with van der Waals surface area (Å²) in [5, 5.41) is 3.30. The van der Waals surface area contributed by atoms with Crippen LogP contribution >= 0.6 is 15.9 Å². The number of ether oxygens (including phenoxy) is 2. The molecular formula is C15H17BrN2O2. The van der Waals surface area contributed by atoms with E-state index in [-0.39, 0.29) is 0 Å². The van der Waals surface area contributed by atoms with Crippen LogP contribution in [0.25, 0.3) is 0 Å². The van der Waals surface area contributed by atoms with Crippen LogP contribution < -0.4 is 20.5 Å². The highest BCUT2D eigenvalue weighted by Gasteiger charge is 2.05. The van der Waals surface area contributed by atoms with Crippen LogP contribution in [0.15, 0.2) is 40.9 Å². The fourth-order valence-electron chi connectivity index (χ4n) is 1.83. The Labute approximate surface area is 127 Å². The highest BCUT2D eigenvalue weighted by Crippen LogP contribution is 2.32. The topological polar surface area (TPSA) is 56.5 Å². The molecule has 2 rings (SSSR count). The highest BCUT2D eigenvalue weighted by molar-refractivity contribution is 9.10. The first-order valence-electron chi connectivity index (χ1n) is 6.26. The van der Waals surface area contributed by atoms with Gasteiger partial charge < -0.3 is 20.5 Å². The molecular weight excluding hydrogens is 320 g/mol. The molecule has 4 nitrogen and oxygen atoms in total. The standard InChI is InChI=1S/C15H17BrN2O2/c1-3-20-13-7-10(17)6-11(8-13)18-15-9-12(19-2)4-5-14(15)16/h4-9,18H,3,17H2,1-2H3. The Kier molecular flexibility index (Phi) is 4.74. The molecule has 0 aliphatic heterocycles. The maximum absolute atomic E-state index is 5.88. The van der Waals surface area contributed by atoms with Crippen LogP contribution in [-0.4, -0.2) is 13.7 Å². The van der Waals surface area contributed by atoms with Crippen LogP contribution in [0.1, 0.15) is 6.92 Å². The molecule has 0 amide bonds. The lowest BCUT2D eigenvalue weighted by atomic mass is 10.2. The normalized spacial score (nSPS) is 10.2. The van der Waals surface area contributed by atoms with Crippen molar-refractivity contribution in [2.45, 2.75) is 6.92 Å². The van der Waals surface area contributed by atoms with Gasteiger partial charge in [-0.1, -0.05) is 0 Å². The molecule has 0 fully saturated rings. The number of rotatable bonds is 5. The minimum Gasteiger partial charge on any atom is -0.497 e. The van der Waals surface area contributed by atoms with Crippen LogP contribution in [0, 0.1) is 0 Å². The summed E-state index contributed by atoms with van der Waals surface area (Å²) in [4.78, 5) is 0. The molecule has 106 valence electrons. The minimum atomic E-state index is 0.603. The largest absolute Gasteiger partial charge is 0.497 e. The summed E-state index contributed by atoms with van der Waals surface area (Å²) in [6.07, 6.45) is 0. The second kappa shape index (κ2) is 6.52. The number of methoxy groups -OCH3 is 1. The second-order valence-corrected chi connectivity index (χ2v) is 5.05. The molecule has 0 heterocycles. The van der Waals surface area contributed by atoms with E-state index >= 15 is 0 Å². The predicted molar refractivity (Wildman–Crippen MR) is 86.0 cm³/mol. The van der Waals surface area contributed by atoms with Crippen LogP contribution in [0.3, 0.4) is 0 Å². The van der Waals surface area contributed by atoms with E-state index in [2.05, 4.69) is 21.2 Å². The molecule has 0 radical (unpaired) electrons. The first kappa shape index (κ1) is 14.5. The van der Waals surface area contributed by atoms with E-state index in [1.54, 1.807) is 13.2 Å². The lowest BCUT2D eigenvalue weighted by molar-refractivity contribution is 0.340. The van der Waals surface area contributed by atoms with E-state index in [1.165, 1.54) is 0 Å². The Bertz CT molecular complexity index is 602. The average Bonchev–Trinajstić information content (AvgIpc) is 2.41. The van der Waals surface area contributed by atoms with Gasteiger partial charge in [0.2, 0.25) is 0 Å². The third kappa shape index (κ3) is 3.57. The van der Waals surface area contributed by atoms with Gasteiger partial charge in [-0.2, -0.15) is 0 Å². The minimum absolute atomic E-state index is 0.603. The van der Waals surface area contributed by atoms with E-state index in [0.29, 0.717) is 12.3 Å². The first-order chi connectivity index (χ1) is 9.62. The van der Waals surface area contributed by atoms with E-state index < -0.39 is 0 Å². The van der Waals surface area contributed by atoms with Crippen molar-refractivity contribution in [3.63, 3.8) is 0 Å². The molecule has 3 N–H and O–H groups in total. The molecule has 2 aromatic rings. The maximum atomic E-state index is 5.88. The third-order valence-electron chi connectivity index (χ3n) is 2.69. The van der Waals surface area contributed by atoms with Crippen molar-refractivity contribution in [3.8, 4) is 11.5 Å². The van der Waals surface area contributed by atoms with Crippen LogP contribution in [0.5, 0.6) is 11.5 Å². The summed E-state index contributed by atoms with van der Waals surface area (Å²) in [6, 6.07) is 11.3. The molecule has 5 heteroatoms. The number of nitrogens with two attached hydrogens (primary N) is 1. The van der Waals surface area contributed by atoms with Gasteiger partial charge in [-0.15, -0.1) is 0 Å². The number of hydrogen-bond donors (Lipinski definition) is 2. The van der Waals surface area contributed by atoms with Gasteiger partial charge in [-0.3, -0.25) is 0 Å². The molecule has 0 aliphatic rings. The highest BCUT2D eigenvalue weighted by atomic mass is 79.9. The fraction of sp³-hybridized carbons (Fsp3) is 0.200. The molecule has 0 atom stereocenters. The molecule has 0 spiro atoms. The van der Waals surface area contributed by atoms with E-state index in [1.807, 2.05) is 37.3 Å². The summed E-state index contributed by atoms with van der Waals surface area (Å²) < 4.78 is 11.7. The van der Waals surface area contributed by atoms with Crippen molar-refractivity contribution in [1.29, 1.82) is 0 Å².